The van der Waals surface area contributed by atoms with Gasteiger partial charge in [-0.1, -0.05) is 113 Å². The molecule has 0 radical (unpaired) electrons. The van der Waals surface area contributed by atoms with E-state index in [1.54, 1.807) is 6.92 Å². The Balaban J connectivity index is 0.00000174. The number of hydrogen-bond donors (Lipinski definition) is 0. The molecule has 0 heterocycles. The molecule has 49 heavy (non-hydrogen) atoms. The lowest BCUT2D eigenvalue weighted by Crippen LogP contribution is -2.23. The molecule has 0 bridgehead atoms. The van der Waals surface area contributed by atoms with E-state index in [0.717, 1.165) is 45.3 Å². The van der Waals surface area contributed by atoms with Gasteiger partial charge in [-0.2, -0.15) is 0 Å². The molecule has 5 rings (SSSR count). The summed E-state index contributed by atoms with van der Waals surface area (Å²) in [5.74, 6) is 4.01. The standard InChI is InChI=1S/C44H49NO.C3H4/c1-13-19-28(4)39(15-3)45(33-24-25-35-34(14-2)31(7)44(11,12)38(35)27-33)30(6)26-36-32(8)43(9,10)37-21-18-23-41(42(36)37)46-40-22-17-16-20-29(40)5;1-3-2/h13-27H,2,4H2,1,3,5-12H3;1H,2H3/b19-13-,30-26+,39-15+;. The van der Waals surface area contributed by atoms with E-state index < -0.39 is 0 Å². The van der Waals surface area contributed by atoms with Gasteiger partial charge in [0, 0.05) is 33.5 Å². The number of rotatable bonds is 9. The van der Waals surface area contributed by atoms with Gasteiger partial charge in [0.25, 0.3) is 0 Å². The van der Waals surface area contributed by atoms with Crippen LogP contribution in [0, 0.1) is 19.3 Å². The Morgan fingerprint density at radius 2 is 1.47 bits per heavy atom. The maximum Gasteiger partial charge on any atom is 0.135 e. The SMILES string of the molecule is C#CC.C=CC1=C(C)C(C)(C)c2cc(N(/C(C)=C/C3=C(C)C(C)(C)c4cccc(Oc5ccccc5C)c43)/C(=C/C)C(=C)/C=C\C)ccc21. The molecule has 0 saturated carbocycles. The highest BCUT2D eigenvalue weighted by molar-refractivity contribution is 5.90. The fourth-order valence-corrected chi connectivity index (χ4v) is 7.09. The van der Waals surface area contributed by atoms with E-state index in [-0.39, 0.29) is 10.8 Å². The second-order valence-corrected chi connectivity index (χ2v) is 13.9. The lowest BCUT2D eigenvalue weighted by atomic mass is 9.81. The smallest absolute Gasteiger partial charge is 0.135 e. The van der Waals surface area contributed by atoms with Gasteiger partial charge in [-0.3, -0.25) is 0 Å². The molecule has 2 nitrogen and oxygen atoms in total. The van der Waals surface area contributed by atoms with Gasteiger partial charge >= 0.3 is 0 Å². The van der Waals surface area contributed by atoms with E-state index in [1.807, 2.05) is 31.2 Å². The molecule has 3 aromatic rings. The average Bonchev–Trinajstić information content (AvgIpc) is 3.38. The van der Waals surface area contributed by atoms with Crippen molar-refractivity contribution in [1.29, 1.82) is 0 Å². The summed E-state index contributed by atoms with van der Waals surface area (Å²) in [6, 6.07) is 21.5. The molecule has 0 saturated heterocycles. The maximum atomic E-state index is 6.67. The molecule has 0 fully saturated rings. The normalized spacial score (nSPS) is 16.1. The summed E-state index contributed by atoms with van der Waals surface area (Å²) < 4.78 is 6.67. The lowest BCUT2D eigenvalue weighted by Gasteiger charge is -2.31. The molecule has 0 amide bonds. The molecule has 0 unspecified atom stereocenters. The van der Waals surface area contributed by atoms with Crippen molar-refractivity contribution in [2.75, 3.05) is 4.90 Å². The molecule has 0 atom stereocenters. The Morgan fingerprint density at radius 3 is 2.08 bits per heavy atom. The molecule has 252 valence electrons. The van der Waals surface area contributed by atoms with Crippen molar-refractivity contribution in [1.82, 2.24) is 0 Å². The largest absolute Gasteiger partial charge is 0.456 e. The summed E-state index contributed by atoms with van der Waals surface area (Å²) in [7, 11) is 0. The van der Waals surface area contributed by atoms with Crippen LogP contribution >= 0.6 is 0 Å². The first-order valence-electron chi connectivity index (χ1n) is 17.1. The van der Waals surface area contributed by atoms with Gasteiger partial charge < -0.3 is 9.64 Å². The second-order valence-electron chi connectivity index (χ2n) is 13.9. The number of terminal acetylenes is 1. The minimum absolute atomic E-state index is 0.0933. The van der Waals surface area contributed by atoms with Gasteiger partial charge in [-0.25, -0.2) is 0 Å². The number of allylic oxidation sites excluding steroid dienone is 10. The van der Waals surface area contributed by atoms with Gasteiger partial charge in [0.15, 0.2) is 0 Å². The van der Waals surface area contributed by atoms with Gasteiger partial charge in [0.05, 0.1) is 0 Å². The summed E-state index contributed by atoms with van der Waals surface area (Å²) in [6.07, 6.45) is 15.2. The summed E-state index contributed by atoms with van der Waals surface area (Å²) in [5, 5.41) is 0. The highest BCUT2D eigenvalue weighted by Gasteiger charge is 2.38. The number of fused-ring (bicyclic) bond motifs is 2. The summed E-state index contributed by atoms with van der Waals surface area (Å²) in [6.45, 7) is 32.4. The third kappa shape index (κ3) is 6.68. The predicted octanol–water partition coefficient (Wildman–Crippen LogP) is 13.2. The number of para-hydroxylation sites is 1. The minimum atomic E-state index is -0.142. The van der Waals surface area contributed by atoms with Crippen LogP contribution in [0.25, 0.3) is 11.1 Å². The highest BCUT2D eigenvalue weighted by atomic mass is 16.5. The van der Waals surface area contributed by atoms with Crippen LogP contribution in [0.3, 0.4) is 0 Å². The van der Waals surface area contributed by atoms with E-state index in [1.165, 1.54) is 39.0 Å². The molecule has 0 N–H and O–H groups in total. The van der Waals surface area contributed by atoms with Crippen molar-refractivity contribution in [3.63, 3.8) is 0 Å². The van der Waals surface area contributed by atoms with Crippen LogP contribution in [-0.4, -0.2) is 0 Å². The fourth-order valence-electron chi connectivity index (χ4n) is 7.09. The maximum absolute atomic E-state index is 6.67. The molecule has 2 aliphatic carbocycles. The Morgan fingerprint density at radius 1 is 0.857 bits per heavy atom. The summed E-state index contributed by atoms with van der Waals surface area (Å²) >= 11 is 0. The van der Waals surface area contributed by atoms with E-state index >= 15 is 0 Å². The van der Waals surface area contributed by atoms with Crippen LogP contribution in [0.1, 0.15) is 97.1 Å². The highest BCUT2D eigenvalue weighted by Crippen LogP contribution is 2.52. The first-order chi connectivity index (χ1) is 23.2. The van der Waals surface area contributed by atoms with Gasteiger partial charge in [0.2, 0.25) is 0 Å². The second kappa shape index (κ2) is 14.6. The van der Waals surface area contributed by atoms with Crippen LogP contribution in [0.2, 0.25) is 0 Å². The first kappa shape index (κ1) is 36.8. The predicted molar refractivity (Wildman–Crippen MR) is 214 cm³/mol. The van der Waals surface area contributed by atoms with Crippen LogP contribution in [0.15, 0.2) is 132 Å². The first-order valence-corrected chi connectivity index (χ1v) is 17.1. The van der Waals surface area contributed by atoms with Crippen LogP contribution in [0.5, 0.6) is 11.5 Å². The Kier molecular flexibility index (Phi) is 11.0. The number of benzene rings is 3. The topological polar surface area (TPSA) is 12.5 Å². The van der Waals surface area contributed by atoms with E-state index in [2.05, 4.69) is 159 Å². The molecule has 0 aromatic heterocycles. The zero-order valence-electron chi connectivity index (χ0n) is 31.5. The Labute approximate surface area is 296 Å². The Bertz CT molecular complexity index is 1990. The minimum Gasteiger partial charge on any atom is -0.456 e. The molecular formula is C47H53NO. The van der Waals surface area contributed by atoms with Crippen molar-refractivity contribution in [3.05, 3.63) is 160 Å². The number of nitrogens with zero attached hydrogens (tertiary/aromatic N) is 1. The van der Waals surface area contributed by atoms with E-state index in [9.17, 15) is 0 Å². The Hall–Kier alpha value is -5.00. The number of anilines is 1. The molecule has 0 spiro atoms. The average molecular weight is 648 g/mol. The van der Waals surface area contributed by atoms with Crippen molar-refractivity contribution >= 4 is 16.8 Å². The quantitative estimate of drug-likeness (QED) is 0.169. The molecule has 2 heteroatoms. The van der Waals surface area contributed by atoms with E-state index in [0.29, 0.717) is 0 Å². The number of ether oxygens (including phenoxy) is 1. The fraction of sp³-hybridized carbons (Fsp3) is 0.277. The zero-order valence-corrected chi connectivity index (χ0v) is 31.5. The van der Waals surface area contributed by atoms with E-state index in [4.69, 9.17) is 4.74 Å². The van der Waals surface area contributed by atoms with Crippen molar-refractivity contribution in [2.24, 2.45) is 0 Å². The zero-order chi connectivity index (χ0) is 36.3. The molecule has 2 aliphatic rings. The van der Waals surface area contributed by atoms with Crippen molar-refractivity contribution in [3.8, 4) is 23.8 Å². The molecule has 3 aromatic carbocycles. The summed E-state index contributed by atoms with van der Waals surface area (Å²) in [5.41, 5.74) is 15.2. The van der Waals surface area contributed by atoms with Crippen LogP contribution in [-0.2, 0) is 10.8 Å². The number of aryl methyl sites for hydroxylation is 1. The van der Waals surface area contributed by atoms with Gasteiger partial charge in [-0.15, -0.1) is 12.3 Å². The van der Waals surface area contributed by atoms with Crippen molar-refractivity contribution in [2.45, 2.75) is 87.0 Å². The van der Waals surface area contributed by atoms with Crippen LogP contribution in [0.4, 0.5) is 5.69 Å². The third-order valence-electron chi connectivity index (χ3n) is 10.3. The third-order valence-corrected chi connectivity index (χ3v) is 10.3. The van der Waals surface area contributed by atoms with Gasteiger partial charge in [0.1, 0.15) is 11.5 Å². The van der Waals surface area contributed by atoms with Crippen molar-refractivity contribution < 1.29 is 4.74 Å². The van der Waals surface area contributed by atoms with Crippen LogP contribution < -0.4 is 9.64 Å². The molecular weight excluding hydrogens is 595 g/mol. The van der Waals surface area contributed by atoms with Gasteiger partial charge in [-0.05, 0) is 118 Å². The summed E-state index contributed by atoms with van der Waals surface area (Å²) in [4.78, 5) is 2.36. The monoisotopic (exact) mass is 647 g/mol. The molecule has 0 aliphatic heterocycles. The number of hydrogen-bond acceptors (Lipinski definition) is 2. The lowest BCUT2D eigenvalue weighted by molar-refractivity contribution is 0.476.